The lowest BCUT2D eigenvalue weighted by atomic mass is 10.2. The standard InChI is InChI=1S/C19H30N4O4/c1-14-12-23(8-9-26-14)16-7-6-15(10-20-16)11-21-17(24)13-22(5)18(25)27-19(2,3)4/h6-7,10,14H,8-9,11-13H2,1-5H3,(H,21,24). The van der Waals surface area contributed by atoms with Crippen LogP contribution in [0.15, 0.2) is 18.3 Å². The number of likely N-dealkylation sites (N-methyl/N-ethyl adjacent to an activating group) is 1. The summed E-state index contributed by atoms with van der Waals surface area (Å²) in [4.78, 5) is 31.8. The van der Waals surface area contributed by atoms with Crippen molar-refractivity contribution in [3.05, 3.63) is 23.9 Å². The quantitative estimate of drug-likeness (QED) is 0.841. The van der Waals surface area contributed by atoms with E-state index in [1.165, 1.54) is 11.9 Å². The molecule has 1 aromatic heterocycles. The molecule has 2 amide bonds. The summed E-state index contributed by atoms with van der Waals surface area (Å²) in [5, 5.41) is 2.79. The molecule has 1 atom stereocenters. The van der Waals surface area contributed by atoms with Crippen LogP contribution >= 0.6 is 0 Å². The lowest BCUT2D eigenvalue weighted by Gasteiger charge is -2.32. The molecule has 0 aromatic carbocycles. The van der Waals surface area contributed by atoms with Gasteiger partial charge in [0, 0.05) is 32.9 Å². The number of aromatic nitrogens is 1. The molecule has 0 saturated carbocycles. The maximum absolute atomic E-state index is 12.0. The van der Waals surface area contributed by atoms with E-state index < -0.39 is 11.7 Å². The highest BCUT2D eigenvalue weighted by Crippen LogP contribution is 2.15. The molecule has 150 valence electrons. The summed E-state index contributed by atoms with van der Waals surface area (Å²) in [6.07, 6.45) is 1.43. The van der Waals surface area contributed by atoms with Crippen LogP contribution in [0.1, 0.15) is 33.3 Å². The molecule has 1 aliphatic rings. The molecule has 1 aromatic rings. The van der Waals surface area contributed by atoms with Gasteiger partial charge in [0.1, 0.15) is 18.0 Å². The van der Waals surface area contributed by atoms with Crippen LogP contribution in [0.5, 0.6) is 0 Å². The fraction of sp³-hybridized carbons (Fsp3) is 0.632. The zero-order valence-electron chi connectivity index (χ0n) is 16.8. The van der Waals surface area contributed by atoms with Crippen LogP contribution in [0.25, 0.3) is 0 Å². The Hall–Kier alpha value is -2.35. The van der Waals surface area contributed by atoms with E-state index in [1.807, 2.05) is 19.1 Å². The van der Waals surface area contributed by atoms with E-state index >= 15 is 0 Å². The number of hydrogen-bond donors (Lipinski definition) is 1. The van der Waals surface area contributed by atoms with Gasteiger partial charge in [-0.15, -0.1) is 0 Å². The number of anilines is 1. The van der Waals surface area contributed by atoms with Gasteiger partial charge in [0.2, 0.25) is 5.91 Å². The third kappa shape index (κ3) is 7.05. The first-order valence-electron chi connectivity index (χ1n) is 9.16. The molecule has 1 aliphatic heterocycles. The molecule has 0 bridgehead atoms. The van der Waals surface area contributed by atoms with Gasteiger partial charge in [-0.1, -0.05) is 6.07 Å². The summed E-state index contributed by atoms with van der Waals surface area (Å²) in [5.41, 5.74) is 0.307. The average molecular weight is 378 g/mol. The molecule has 0 spiro atoms. The molecular weight excluding hydrogens is 348 g/mol. The van der Waals surface area contributed by atoms with Crippen molar-refractivity contribution in [2.45, 2.75) is 45.9 Å². The fourth-order valence-electron chi connectivity index (χ4n) is 2.61. The highest BCUT2D eigenvalue weighted by molar-refractivity contribution is 5.82. The minimum Gasteiger partial charge on any atom is -0.444 e. The Morgan fingerprint density at radius 2 is 2.15 bits per heavy atom. The summed E-state index contributed by atoms with van der Waals surface area (Å²) in [5.74, 6) is 0.652. The van der Waals surface area contributed by atoms with Crippen LogP contribution < -0.4 is 10.2 Å². The van der Waals surface area contributed by atoms with Gasteiger partial charge in [-0.2, -0.15) is 0 Å². The van der Waals surface area contributed by atoms with E-state index in [9.17, 15) is 9.59 Å². The predicted octanol–water partition coefficient (Wildman–Crippen LogP) is 1.79. The molecule has 0 aliphatic carbocycles. The van der Waals surface area contributed by atoms with Gasteiger partial charge >= 0.3 is 6.09 Å². The third-order valence-corrected chi connectivity index (χ3v) is 3.95. The van der Waals surface area contributed by atoms with Gasteiger partial charge in [0.05, 0.1) is 12.7 Å². The maximum Gasteiger partial charge on any atom is 0.410 e. The van der Waals surface area contributed by atoms with Crippen molar-refractivity contribution in [2.75, 3.05) is 38.2 Å². The Balaban J connectivity index is 1.78. The molecule has 27 heavy (non-hydrogen) atoms. The summed E-state index contributed by atoms with van der Waals surface area (Å²) in [6.45, 7) is 10.0. The predicted molar refractivity (Wildman–Crippen MR) is 103 cm³/mol. The second-order valence-corrected chi connectivity index (χ2v) is 7.77. The zero-order chi connectivity index (χ0) is 20.0. The van der Waals surface area contributed by atoms with E-state index in [2.05, 4.69) is 15.2 Å². The van der Waals surface area contributed by atoms with Crippen molar-refractivity contribution < 1.29 is 19.1 Å². The molecule has 1 fully saturated rings. The number of nitrogens with zero attached hydrogens (tertiary/aromatic N) is 3. The van der Waals surface area contributed by atoms with Crippen molar-refractivity contribution in [1.29, 1.82) is 0 Å². The highest BCUT2D eigenvalue weighted by atomic mass is 16.6. The Bertz CT molecular complexity index is 642. The largest absolute Gasteiger partial charge is 0.444 e. The van der Waals surface area contributed by atoms with Crippen LogP contribution in [-0.2, 0) is 20.8 Å². The monoisotopic (exact) mass is 378 g/mol. The van der Waals surface area contributed by atoms with E-state index in [0.29, 0.717) is 13.2 Å². The van der Waals surface area contributed by atoms with Crippen molar-refractivity contribution in [1.82, 2.24) is 15.2 Å². The summed E-state index contributed by atoms with van der Waals surface area (Å²) in [7, 11) is 1.54. The zero-order valence-corrected chi connectivity index (χ0v) is 16.8. The number of amides is 2. The SMILES string of the molecule is CC1CN(c2ccc(CNC(=O)CN(C)C(=O)OC(C)(C)C)cn2)CCO1. The van der Waals surface area contributed by atoms with Gasteiger partial charge in [-0.25, -0.2) is 9.78 Å². The molecular formula is C19H30N4O4. The smallest absolute Gasteiger partial charge is 0.410 e. The van der Waals surface area contributed by atoms with Crippen molar-refractivity contribution in [3.8, 4) is 0 Å². The molecule has 1 N–H and O–H groups in total. The van der Waals surface area contributed by atoms with Gasteiger partial charge < -0.3 is 24.6 Å². The molecule has 2 rings (SSSR count). The van der Waals surface area contributed by atoms with Crippen molar-refractivity contribution in [3.63, 3.8) is 0 Å². The third-order valence-electron chi connectivity index (χ3n) is 3.95. The van der Waals surface area contributed by atoms with Crippen molar-refractivity contribution in [2.24, 2.45) is 0 Å². The van der Waals surface area contributed by atoms with Crippen molar-refractivity contribution >= 4 is 17.8 Å². The topological polar surface area (TPSA) is 84.0 Å². The van der Waals surface area contributed by atoms with Crippen LogP contribution in [0.2, 0.25) is 0 Å². The minimum atomic E-state index is -0.590. The Kier molecular flexibility index (Phi) is 7.01. The summed E-state index contributed by atoms with van der Waals surface area (Å²) < 4.78 is 10.8. The average Bonchev–Trinajstić information content (AvgIpc) is 2.59. The minimum absolute atomic E-state index is 0.0634. The Morgan fingerprint density at radius 1 is 1.41 bits per heavy atom. The van der Waals surface area contributed by atoms with Gasteiger partial charge in [0.25, 0.3) is 0 Å². The number of ether oxygens (including phenoxy) is 2. The second kappa shape index (κ2) is 9.03. The van der Waals surface area contributed by atoms with Crippen LogP contribution in [0.3, 0.4) is 0 Å². The first kappa shape index (κ1) is 21.0. The number of nitrogens with one attached hydrogen (secondary N) is 1. The number of hydrogen-bond acceptors (Lipinski definition) is 6. The Labute approximate surface area is 160 Å². The van der Waals surface area contributed by atoms with Crippen LogP contribution in [-0.4, -0.2) is 66.9 Å². The van der Waals surface area contributed by atoms with Gasteiger partial charge in [-0.3, -0.25) is 4.79 Å². The number of carbonyl (C=O) groups excluding carboxylic acids is 2. The number of carbonyl (C=O) groups is 2. The van der Waals surface area contributed by atoms with Gasteiger partial charge in [-0.05, 0) is 39.3 Å². The van der Waals surface area contributed by atoms with Crippen LogP contribution in [0.4, 0.5) is 10.6 Å². The number of pyridine rings is 1. The second-order valence-electron chi connectivity index (χ2n) is 7.77. The molecule has 1 unspecified atom stereocenters. The number of rotatable bonds is 5. The lowest BCUT2D eigenvalue weighted by Crippen LogP contribution is -2.41. The Morgan fingerprint density at radius 3 is 2.74 bits per heavy atom. The molecule has 8 nitrogen and oxygen atoms in total. The first-order chi connectivity index (χ1) is 12.6. The van der Waals surface area contributed by atoms with E-state index in [-0.39, 0.29) is 18.6 Å². The van der Waals surface area contributed by atoms with Gasteiger partial charge in [0.15, 0.2) is 0 Å². The summed E-state index contributed by atoms with van der Waals surface area (Å²) in [6, 6.07) is 3.90. The molecule has 8 heteroatoms. The van der Waals surface area contributed by atoms with E-state index in [4.69, 9.17) is 9.47 Å². The normalized spacial score (nSPS) is 17.4. The summed E-state index contributed by atoms with van der Waals surface area (Å²) >= 11 is 0. The van der Waals surface area contributed by atoms with E-state index in [0.717, 1.165) is 24.5 Å². The lowest BCUT2D eigenvalue weighted by molar-refractivity contribution is -0.122. The molecule has 2 heterocycles. The first-order valence-corrected chi connectivity index (χ1v) is 9.16. The molecule has 1 saturated heterocycles. The fourth-order valence-corrected chi connectivity index (χ4v) is 2.61. The highest BCUT2D eigenvalue weighted by Gasteiger charge is 2.21. The van der Waals surface area contributed by atoms with E-state index in [1.54, 1.807) is 27.0 Å². The van der Waals surface area contributed by atoms with Crippen LogP contribution in [0, 0.1) is 0 Å². The molecule has 0 radical (unpaired) electrons. The maximum atomic E-state index is 12.0. The number of morpholine rings is 1.